The van der Waals surface area contributed by atoms with Crippen molar-refractivity contribution in [2.45, 2.75) is 38.6 Å². The fraction of sp³-hybridized carbons (Fsp3) is 0.800. The number of aryl methyl sites for hydroxylation is 1. The van der Waals surface area contributed by atoms with Crippen molar-refractivity contribution in [1.29, 1.82) is 0 Å². The van der Waals surface area contributed by atoms with Gasteiger partial charge in [-0.2, -0.15) is 0 Å². The molecule has 1 heterocycles. The fourth-order valence-corrected chi connectivity index (χ4v) is 2.64. The molecule has 3 nitrogen and oxygen atoms in total. The van der Waals surface area contributed by atoms with Crippen LogP contribution >= 0.6 is 11.6 Å². The van der Waals surface area contributed by atoms with Crippen molar-refractivity contribution in [2.24, 2.45) is 11.8 Å². The Bertz CT molecular complexity index is 321. The zero-order valence-corrected chi connectivity index (χ0v) is 9.04. The molecule has 0 saturated heterocycles. The van der Waals surface area contributed by atoms with Crippen LogP contribution in [0.3, 0.4) is 0 Å². The van der Waals surface area contributed by atoms with Crippen LogP contribution in [0, 0.1) is 18.8 Å². The summed E-state index contributed by atoms with van der Waals surface area (Å²) in [6, 6.07) is 0.595. The van der Waals surface area contributed by atoms with Crippen LogP contribution in [-0.2, 0) is 0 Å². The molecule has 0 aromatic carbocycles. The van der Waals surface area contributed by atoms with E-state index in [0.29, 0.717) is 11.3 Å². The summed E-state index contributed by atoms with van der Waals surface area (Å²) < 4.78 is 2.15. The molecule has 0 spiro atoms. The molecule has 4 heteroatoms. The van der Waals surface area contributed by atoms with Gasteiger partial charge < -0.3 is 0 Å². The first kappa shape index (κ1) is 8.72. The second-order valence-electron chi connectivity index (χ2n) is 4.55. The molecule has 0 amide bonds. The number of aromatic nitrogens is 3. The van der Waals surface area contributed by atoms with Crippen molar-refractivity contribution >= 4 is 11.6 Å². The average Bonchev–Trinajstić information content (AvgIpc) is 2.99. The van der Waals surface area contributed by atoms with Gasteiger partial charge in [0.25, 0.3) is 0 Å². The zero-order chi connectivity index (χ0) is 9.71. The van der Waals surface area contributed by atoms with E-state index in [1.54, 1.807) is 0 Å². The molecule has 1 aromatic rings. The normalized spacial score (nSPS) is 21.9. The Labute approximate surface area is 88.5 Å². The molecule has 76 valence electrons. The van der Waals surface area contributed by atoms with E-state index in [1.165, 1.54) is 25.7 Å². The highest BCUT2D eigenvalue weighted by Crippen LogP contribution is 2.52. The summed E-state index contributed by atoms with van der Waals surface area (Å²) in [6.07, 6.45) is 5.43. The highest BCUT2D eigenvalue weighted by atomic mass is 35.5. The summed E-state index contributed by atoms with van der Waals surface area (Å²) in [5.41, 5.74) is 0. The predicted molar refractivity (Wildman–Crippen MR) is 54.3 cm³/mol. The molecule has 2 fully saturated rings. The van der Waals surface area contributed by atoms with Gasteiger partial charge >= 0.3 is 0 Å². The molecule has 1 aromatic heterocycles. The van der Waals surface area contributed by atoms with E-state index in [2.05, 4.69) is 14.8 Å². The van der Waals surface area contributed by atoms with Gasteiger partial charge in [-0.3, -0.25) is 4.57 Å². The highest BCUT2D eigenvalue weighted by molar-refractivity contribution is 6.28. The average molecular weight is 212 g/mol. The third-order valence-electron chi connectivity index (χ3n) is 3.33. The molecule has 0 unspecified atom stereocenters. The van der Waals surface area contributed by atoms with Crippen molar-refractivity contribution in [3.63, 3.8) is 0 Å². The molecule has 0 N–H and O–H groups in total. The molecular weight excluding hydrogens is 198 g/mol. The van der Waals surface area contributed by atoms with Gasteiger partial charge in [-0.05, 0) is 56.0 Å². The molecule has 3 rings (SSSR count). The Hall–Kier alpha value is -0.570. The maximum absolute atomic E-state index is 6.07. The summed E-state index contributed by atoms with van der Waals surface area (Å²) in [5, 5.41) is 8.55. The quantitative estimate of drug-likeness (QED) is 0.770. The van der Waals surface area contributed by atoms with Gasteiger partial charge in [-0.25, -0.2) is 0 Å². The third kappa shape index (κ3) is 1.34. The monoisotopic (exact) mass is 211 g/mol. The van der Waals surface area contributed by atoms with E-state index in [0.717, 1.165) is 17.7 Å². The van der Waals surface area contributed by atoms with Crippen LogP contribution in [0.25, 0.3) is 0 Å². The summed E-state index contributed by atoms with van der Waals surface area (Å²) in [7, 11) is 0. The number of hydrogen-bond donors (Lipinski definition) is 0. The van der Waals surface area contributed by atoms with E-state index in [4.69, 9.17) is 11.6 Å². The third-order valence-corrected chi connectivity index (χ3v) is 3.59. The lowest BCUT2D eigenvalue weighted by atomic mass is 10.1. The van der Waals surface area contributed by atoms with Crippen molar-refractivity contribution in [3.05, 3.63) is 11.1 Å². The van der Waals surface area contributed by atoms with Crippen LogP contribution in [0.4, 0.5) is 0 Å². The van der Waals surface area contributed by atoms with E-state index in [-0.39, 0.29) is 0 Å². The Balaban J connectivity index is 1.96. The number of nitrogens with zero attached hydrogens (tertiary/aromatic N) is 3. The van der Waals surface area contributed by atoms with E-state index < -0.39 is 0 Å². The topological polar surface area (TPSA) is 30.7 Å². The van der Waals surface area contributed by atoms with Gasteiger partial charge in [0.15, 0.2) is 0 Å². The molecule has 0 bridgehead atoms. The Kier molecular flexibility index (Phi) is 1.84. The molecule has 2 aliphatic rings. The molecule has 2 aliphatic carbocycles. The smallest absolute Gasteiger partial charge is 0.225 e. The second-order valence-corrected chi connectivity index (χ2v) is 4.89. The summed E-state index contributed by atoms with van der Waals surface area (Å²) in [6.45, 7) is 2.00. The minimum absolute atomic E-state index is 0.575. The maximum Gasteiger partial charge on any atom is 0.225 e. The fourth-order valence-electron chi connectivity index (χ4n) is 2.36. The van der Waals surface area contributed by atoms with Gasteiger partial charge in [0.2, 0.25) is 5.28 Å². The minimum atomic E-state index is 0.575. The van der Waals surface area contributed by atoms with Gasteiger partial charge in [-0.15, -0.1) is 10.2 Å². The summed E-state index contributed by atoms with van der Waals surface area (Å²) >= 11 is 6.07. The van der Waals surface area contributed by atoms with Crippen LogP contribution in [-0.4, -0.2) is 14.8 Å². The molecule has 14 heavy (non-hydrogen) atoms. The first-order valence-corrected chi connectivity index (χ1v) is 5.72. The lowest BCUT2D eigenvalue weighted by molar-refractivity contribution is 0.387. The van der Waals surface area contributed by atoms with Crippen LogP contribution in [0.15, 0.2) is 0 Å². The number of halogens is 1. The van der Waals surface area contributed by atoms with Crippen molar-refractivity contribution < 1.29 is 0 Å². The Morgan fingerprint density at radius 1 is 1.21 bits per heavy atom. The molecule has 0 atom stereocenters. The van der Waals surface area contributed by atoms with Crippen LogP contribution in [0.1, 0.15) is 37.5 Å². The predicted octanol–water partition coefficient (Wildman–Crippen LogP) is 2.60. The SMILES string of the molecule is Cc1nnc(Cl)n1C(C1CC1)C1CC1. The van der Waals surface area contributed by atoms with Crippen molar-refractivity contribution in [1.82, 2.24) is 14.8 Å². The van der Waals surface area contributed by atoms with Gasteiger partial charge in [-0.1, -0.05) is 0 Å². The largest absolute Gasteiger partial charge is 0.298 e. The second kappa shape index (κ2) is 2.96. The molecule has 2 saturated carbocycles. The molecule has 0 aliphatic heterocycles. The Morgan fingerprint density at radius 2 is 1.79 bits per heavy atom. The lowest BCUT2D eigenvalue weighted by Gasteiger charge is -2.18. The van der Waals surface area contributed by atoms with Crippen LogP contribution in [0.5, 0.6) is 0 Å². The van der Waals surface area contributed by atoms with Crippen LogP contribution in [0.2, 0.25) is 5.28 Å². The lowest BCUT2D eigenvalue weighted by Crippen LogP contribution is -2.15. The van der Waals surface area contributed by atoms with Gasteiger partial charge in [0.1, 0.15) is 5.82 Å². The first-order chi connectivity index (χ1) is 6.77. The van der Waals surface area contributed by atoms with Crippen molar-refractivity contribution in [2.75, 3.05) is 0 Å². The highest BCUT2D eigenvalue weighted by Gasteiger charge is 2.43. The number of hydrogen-bond acceptors (Lipinski definition) is 2. The van der Waals surface area contributed by atoms with Gasteiger partial charge in [0, 0.05) is 6.04 Å². The van der Waals surface area contributed by atoms with E-state index >= 15 is 0 Å². The van der Waals surface area contributed by atoms with E-state index in [9.17, 15) is 0 Å². The first-order valence-electron chi connectivity index (χ1n) is 5.34. The standard InChI is InChI=1S/C10H14ClN3/c1-6-12-13-10(11)14(6)9(7-2-3-7)8-4-5-8/h7-9H,2-5H2,1H3. The summed E-state index contributed by atoms with van der Waals surface area (Å²) in [5.74, 6) is 2.66. The maximum atomic E-state index is 6.07. The Morgan fingerprint density at radius 3 is 2.14 bits per heavy atom. The number of rotatable bonds is 3. The zero-order valence-electron chi connectivity index (χ0n) is 8.28. The molecular formula is C10H14ClN3. The minimum Gasteiger partial charge on any atom is -0.298 e. The molecule has 0 radical (unpaired) electrons. The van der Waals surface area contributed by atoms with Crippen LogP contribution < -0.4 is 0 Å². The summed E-state index contributed by atoms with van der Waals surface area (Å²) in [4.78, 5) is 0. The van der Waals surface area contributed by atoms with Gasteiger partial charge in [0.05, 0.1) is 0 Å². The van der Waals surface area contributed by atoms with Crippen molar-refractivity contribution in [3.8, 4) is 0 Å². The van der Waals surface area contributed by atoms with E-state index in [1.807, 2.05) is 6.92 Å².